The molecule has 0 aliphatic heterocycles. The lowest BCUT2D eigenvalue weighted by Gasteiger charge is -2.24. The molecule has 1 atom stereocenters. The van der Waals surface area contributed by atoms with E-state index >= 15 is 0 Å². The molecule has 0 spiro atoms. The fraction of sp³-hybridized carbons (Fsp3) is 0.467. The maximum Gasteiger partial charge on any atom is 0.137 e. The van der Waals surface area contributed by atoms with Crippen molar-refractivity contribution < 1.29 is 4.42 Å². The van der Waals surface area contributed by atoms with Crippen LogP contribution in [0.25, 0.3) is 11.0 Å². The predicted octanol–water partition coefficient (Wildman–Crippen LogP) is 4.49. The van der Waals surface area contributed by atoms with E-state index in [0.29, 0.717) is 5.92 Å². The van der Waals surface area contributed by atoms with Crippen LogP contribution in [0.5, 0.6) is 0 Å². The Kier molecular flexibility index (Phi) is 2.10. The first-order chi connectivity index (χ1) is 7.68. The summed E-state index contributed by atoms with van der Waals surface area (Å²) < 4.78 is 5.77. The molecule has 0 radical (unpaired) electrons. The lowest BCUT2D eigenvalue weighted by molar-refractivity contribution is 0.561. The van der Waals surface area contributed by atoms with Crippen LogP contribution in [0.1, 0.15) is 47.9 Å². The SMILES string of the molecule is Cc1cc2c(C)coc2c2c1CCC[C@H]2C. The van der Waals surface area contributed by atoms with Crippen molar-refractivity contribution in [3.63, 3.8) is 0 Å². The number of hydrogen-bond donors (Lipinski definition) is 0. The Morgan fingerprint density at radius 1 is 1.25 bits per heavy atom. The van der Waals surface area contributed by atoms with Crippen LogP contribution in [0.4, 0.5) is 0 Å². The molecule has 1 aromatic carbocycles. The van der Waals surface area contributed by atoms with Gasteiger partial charge in [-0.2, -0.15) is 0 Å². The first-order valence-electron chi connectivity index (χ1n) is 6.18. The highest BCUT2D eigenvalue weighted by atomic mass is 16.3. The maximum absolute atomic E-state index is 5.77. The van der Waals surface area contributed by atoms with Crippen LogP contribution in [0.3, 0.4) is 0 Å². The van der Waals surface area contributed by atoms with Crippen LogP contribution in [-0.4, -0.2) is 0 Å². The van der Waals surface area contributed by atoms with E-state index in [9.17, 15) is 0 Å². The van der Waals surface area contributed by atoms with Crippen molar-refractivity contribution >= 4 is 11.0 Å². The van der Waals surface area contributed by atoms with Crippen LogP contribution in [0, 0.1) is 13.8 Å². The van der Waals surface area contributed by atoms with Crippen molar-refractivity contribution in [3.05, 3.63) is 34.6 Å². The molecule has 0 saturated carbocycles. The Morgan fingerprint density at radius 3 is 2.88 bits per heavy atom. The summed E-state index contributed by atoms with van der Waals surface area (Å²) in [7, 11) is 0. The summed E-state index contributed by atoms with van der Waals surface area (Å²) in [6, 6.07) is 2.30. The molecule has 0 amide bonds. The first-order valence-corrected chi connectivity index (χ1v) is 6.18. The third-order valence-corrected chi connectivity index (χ3v) is 3.99. The number of fused-ring (bicyclic) bond motifs is 3. The minimum absolute atomic E-state index is 0.650. The monoisotopic (exact) mass is 214 g/mol. The van der Waals surface area contributed by atoms with Gasteiger partial charge in [-0.25, -0.2) is 0 Å². The Morgan fingerprint density at radius 2 is 2.06 bits per heavy atom. The number of furan rings is 1. The molecule has 84 valence electrons. The molecule has 3 rings (SSSR count). The number of hydrogen-bond acceptors (Lipinski definition) is 1. The van der Waals surface area contributed by atoms with Gasteiger partial charge >= 0.3 is 0 Å². The topological polar surface area (TPSA) is 13.1 Å². The van der Waals surface area contributed by atoms with Gasteiger partial charge in [0, 0.05) is 10.9 Å². The van der Waals surface area contributed by atoms with Gasteiger partial charge in [0.05, 0.1) is 6.26 Å². The molecule has 0 unspecified atom stereocenters. The van der Waals surface area contributed by atoms with Crippen molar-refractivity contribution in [3.8, 4) is 0 Å². The van der Waals surface area contributed by atoms with E-state index in [4.69, 9.17) is 4.42 Å². The number of rotatable bonds is 0. The molecule has 0 bridgehead atoms. The van der Waals surface area contributed by atoms with Crippen molar-refractivity contribution in [2.75, 3.05) is 0 Å². The van der Waals surface area contributed by atoms with Crippen LogP contribution < -0.4 is 0 Å². The second-order valence-electron chi connectivity index (χ2n) is 5.17. The molecular weight excluding hydrogens is 196 g/mol. The third kappa shape index (κ3) is 1.24. The molecule has 2 aromatic rings. The molecule has 1 aliphatic carbocycles. The zero-order valence-corrected chi connectivity index (χ0v) is 10.3. The molecule has 1 aromatic heterocycles. The molecule has 0 saturated heterocycles. The van der Waals surface area contributed by atoms with E-state index in [1.165, 1.54) is 41.3 Å². The van der Waals surface area contributed by atoms with Gasteiger partial charge in [-0.3, -0.25) is 0 Å². The van der Waals surface area contributed by atoms with Gasteiger partial charge in [0.1, 0.15) is 5.58 Å². The summed E-state index contributed by atoms with van der Waals surface area (Å²) in [6.07, 6.45) is 5.73. The molecule has 1 nitrogen and oxygen atoms in total. The fourth-order valence-electron chi connectivity index (χ4n) is 3.08. The first kappa shape index (κ1) is 9.95. The lowest BCUT2D eigenvalue weighted by Crippen LogP contribution is -2.09. The number of aryl methyl sites for hydroxylation is 2. The normalized spacial score (nSPS) is 20.1. The lowest BCUT2D eigenvalue weighted by atomic mass is 9.81. The highest BCUT2D eigenvalue weighted by Gasteiger charge is 2.23. The molecule has 1 heteroatoms. The van der Waals surface area contributed by atoms with Crippen molar-refractivity contribution in [1.82, 2.24) is 0 Å². The van der Waals surface area contributed by atoms with Gasteiger partial charge in [-0.05, 0) is 61.8 Å². The van der Waals surface area contributed by atoms with Gasteiger partial charge in [-0.15, -0.1) is 0 Å². The summed E-state index contributed by atoms with van der Waals surface area (Å²) in [4.78, 5) is 0. The van der Waals surface area contributed by atoms with E-state index in [1.807, 2.05) is 6.26 Å². The Labute approximate surface area is 96.5 Å². The Hall–Kier alpha value is -1.24. The van der Waals surface area contributed by atoms with Crippen LogP contribution in [-0.2, 0) is 6.42 Å². The molecular formula is C15H18O. The zero-order chi connectivity index (χ0) is 11.3. The van der Waals surface area contributed by atoms with E-state index in [0.717, 1.165) is 5.58 Å². The minimum atomic E-state index is 0.650. The smallest absolute Gasteiger partial charge is 0.137 e. The fourth-order valence-corrected chi connectivity index (χ4v) is 3.08. The highest BCUT2D eigenvalue weighted by molar-refractivity contribution is 5.86. The summed E-state index contributed by atoms with van der Waals surface area (Å²) in [5, 5.41) is 1.31. The van der Waals surface area contributed by atoms with E-state index in [1.54, 1.807) is 5.56 Å². The van der Waals surface area contributed by atoms with Crippen molar-refractivity contribution in [1.29, 1.82) is 0 Å². The summed E-state index contributed by atoms with van der Waals surface area (Å²) in [5.74, 6) is 0.650. The van der Waals surface area contributed by atoms with Gasteiger partial charge in [-0.1, -0.05) is 6.92 Å². The average molecular weight is 214 g/mol. The van der Waals surface area contributed by atoms with E-state index in [2.05, 4.69) is 26.8 Å². The van der Waals surface area contributed by atoms with Gasteiger partial charge in [0.2, 0.25) is 0 Å². The zero-order valence-electron chi connectivity index (χ0n) is 10.3. The van der Waals surface area contributed by atoms with Crippen molar-refractivity contribution in [2.45, 2.75) is 46.0 Å². The standard InChI is InChI=1S/C15H18O/c1-9-5-4-6-12-10(2)7-13-11(3)8-16-15(13)14(9)12/h7-9H,4-6H2,1-3H3/t9-/m1/s1. The van der Waals surface area contributed by atoms with E-state index in [-0.39, 0.29) is 0 Å². The quantitative estimate of drug-likeness (QED) is 0.629. The second kappa shape index (κ2) is 3.38. The molecule has 1 heterocycles. The van der Waals surface area contributed by atoms with Crippen LogP contribution in [0.15, 0.2) is 16.7 Å². The van der Waals surface area contributed by atoms with Gasteiger partial charge in [0.15, 0.2) is 0 Å². The second-order valence-corrected chi connectivity index (χ2v) is 5.17. The third-order valence-electron chi connectivity index (χ3n) is 3.99. The van der Waals surface area contributed by atoms with Gasteiger partial charge in [0.25, 0.3) is 0 Å². The Balaban J connectivity index is 2.41. The van der Waals surface area contributed by atoms with E-state index < -0.39 is 0 Å². The summed E-state index contributed by atoms with van der Waals surface area (Å²) in [6.45, 7) is 6.70. The minimum Gasteiger partial charge on any atom is -0.464 e. The van der Waals surface area contributed by atoms with Crippen molar-refractivity contribution in [2.24, 2.45) is 0 Å². The number of benzene rings is 1. The predicted molar refractivity (Wildman–Crippen MR) is 67.0 cm³/mol. The summed E-state index contributed by atoms with van der Waals surface area (Å²) >= 11 is 0. The molecule has 16 heavy (non-hydrogen) atoms. The highest BCUT2D eigenvalue weighted by Crippen LogP contribution is 2.39. The van der Waals surface area contributed by atoms with Crippen LogP contribution >= 0.6 is 0 Å². The van der Waals surface area contributed by atoms with Gasteiger partial charge < -0.3 is 4.42 Å². The maximum atomic E-state index is 5.77. The average Bonchev–Trinajstić information content (AvgIpc) is 2.61. The Bertz CT molecular complexity index is 548. The van der Waals surface area contributed by atoms with Crippen LogP contribution in [0.2, 0.25) is 0 Å². The molecule has 1 aliphatic rings. The molecule has 0 N–H and O–H groups in total. The molecule has 0 fully saturated rings. The largest absolute Gasteiger partial charge is 0.464 e. The summed E-state index contributed by atoms with van der Waals surface area (Å²) in [5.41, 5.74) is 6.87.